The molecule has 1 aromatic carbocycles. The predicted octanol–water partition coefficient (Wildman–Crippen LogP) is 1.09. The third-order valence-electron chi connectivity index (χ3n) is 3.72. The number of carbonyl (C=O) groups is 1. The van der Waals surface area contributed by atoms with Crippen molar-refractivity contribution in [1.82, 2.24) is 9.80 Å². The second-order valence-electron chi connectivity index (χ2n) is 5.31. The number of hydrogen-bond acceptors (Lipinski definition) is 5. The number of hydrogen-bond donors (Lipinski definition) is 1. The van der Waals surface area contributed by atoms with Gasteiger partial charge in [-0.15, -0.1) is 0 Å². The molecule has 0 spiro atoms. The highest BCUT2D eigenvalue weighted by Gasteiger charge is 2.32. The minimum atomic E-state index is -0.897. The Labute approximate surface area is 121 Å². The van der Waals surface area contributed by atoms with Crippen LogP contribution in [-0.2, 0) is 0 Å². The van der Waals surface area contributed by atoms with Crippen LogP contribution < -0.4 is 5.73 Å². The maximum absolute atomic E-state index is 13.4. The third kappa shape index (κ3) is 2.94. The number of halogens is 1. The van der Waals surface area contributed by atoms with Crippen molar-refractivity contribution in [3.63, 3.8) is 0 Å². The Kier molecular flexibility index (Phi) is 4.08. The molecule has 2 N–H and O–H groups in total. The second kappa shape index (κ2) is 5.65. The standard InChI is InChI=1S/C13H17FN4O3/c1-16(2)8-3-4-17(7-8)13(19)9-5-11(15)10(14)6-12(9)18(20)21/h5-6,8H,3-4,7,15H2,1-2H3. The number of nitrogens with two attached hydrogens (primary N) is 1. The fraction of sp³-hybridized carbons (Fsp3) is 0.462. The zero-order valence-electron chi connectivity index (χ0n) is 11.9. The number of likely N-dealkylation sites (N-methyl/N-ethyl adjacent to an activating group) is 1. The summed E-state index contributed by atoms with van der Waals surface area (Å²) in [5.41, 5.74) is 4.43. The molecule has 21 heavy (non-hydrogen) atoms. The van der Waals surface area contributed by atoms with Gasteiger partial charge < -0.3 is 15.5 Å². The second-order valence-corrected chi connectivity index (χ2v) is 5.31. The Balaban J connectivity index is 2.31. The Hall–Kier alpha value is -2.22. The van der Waals surface area contributed by atoms with Crippen LogP contribution in [0.2, 0.25) is 0 Å². The number of benzene rings is 1. The number of nitro groups is 1. The molecular weight excluding hydrogens is 279 g/mol. The molecule has 0 bridgehead atoms. The first kappa shape index (κ1) is 15.2. The van der Waals surface area contributed by atoms with Crippen LogP contribution in [0.25, 0.3) is 0 Å². The SMILES string of the molecule is CN(C)C1CCN(C(=O)c2cc(N)c(F)cc2[N+](=O)[O-])C1. The van der Waals surface area contributed by atoms with E-state index < -0.39 is 22.3 Å². The Bertz CT molecular complexity index is 591. The number of nitrogens with zero attached hydrogens (tertiary/aromatic N) is 3. The molecule has 0 aromatic heterocycles. The molecule has 1 heterocycles. The van der Waals surface area contributed by atoms with Crippen LogP contribution in [0.4, 0.5) is 15.8 Å². The molecule has 0 radical (unpaired) electrons. The van der Waals surface area contributed by atoms with E-state index in [-0.39, 0.29) is 17.3 Å². The summed E-state index contributed by atoms with van der Waals surface area (Å²) in [6.07, 6.45) is 0.795. The minimum Gasteiger partial charge on any atom is -0.396 e. The van der Waals surface area contributed by atoms with Gasteiger partial charge in [0, 0.05) is 19.1 Å². The summed E-state index contributed by atoms with van der Waals surface area (Å²) < 4.78 is 13.4. The third-order valence-corrected chi connectivity index (χ3v) is 3.72. The number of likely N-dealkylation sites (tertiary alicyclic amines) is 1. The van der Waals surface area contributed by atoms with Crippen molar-refractivity contribution in [2.45, 2.75) is 12.5 Å². The van der Waals surface area contributed by atoms with Crippen molar-refractivity contribution < 1.29 is 14.1 Å². The van der Waals surface area contributed by atoms with Crippen LogP contribution >= 0.6 is 0 Å². The average Bonchev–Trinajstić information content (AvgIpc) is 2.90. The lowest BCUT2D eigenvalue weighted by atomic mass is 10.1. The van der Waals surface area contributed by atoms with E-state index in [0.29, 0.717) is 19.2 Å². The highest BCUT2D eigenvalue weighted by Crippen LogP contribution is 2.27. The lowest BCUT2D eigenvalue weighted by Crippen LogP contribution is -2.34. The normalized spacial score (nSPS) is 18.3. The van der Waals surface area contributed by atoms with Gasteiger partial charge in [-0.25, -0.2) is 4.39 Å². The zero-order chi connectivity index (χ0) is 15.7. The number of rotatable bonds is 3. The smallest absolute Gasteiger partial charge is 0.285 e. The molecule has 1 saturated heterocycles. The van der Waals surface area contributed by atoms with E-state index >= 15 is 0 Å². The van der Waals surface area contributed by atoms with Crippen LogP contribution in [0.5, 0.6) is 0 Å². The quantitative estimate of drug-likeness (QED) is 0.512. The van der Waals surface area contributed by atoms with Crippen molar-refractivity contribution >= 4 is 17.3 Å². The highest BCUT2D eigenvalue weighted by atomic mass is 19.1. The molecule has 1 aliphatic heterocycles. The van der Waals surface area contributed by atoms with Gasteiger partial charge in [0.15, 0.2) is 5.82 Å². The molecule has 8 heteroatoms. The first-order valence-corrected chi connectivity index (χ1v) is 6.50. The van der Waals surface area contributed by atoms with E-state index in [1.54, 1.807) is 0 Å². The molecule has 1 fully saturated rings. The summed E-state index contributed by atoms with van der Waals surface area (Å²) >= 11 is 0. The summed E-state index contributed by atoms with van der Waals surface area (Å²) in [4.78, 5) is 26.2. The van der Waals surface area contributed by atoms with E-state index in [9.17, 15) is 19.3 Å². The van der Waals surface area contributed by atoms with Crippen molar-refractivity contribution in [3.8, 4) is 0 Å². The van der Waals surface area contributed by atoms with E-state index in [1.165, 1.54) is 4.90 Å². The largest absolute Gasteiger partial charge is 0.396 e. The summed E-state index contributed by atoms with van der Waals surface area (Å²) in [7, 11) is 3.83. The summed E-state index contributed by atoms with van der Waals surface area (Å²) in [5.74, 6) is -1.39. The van der Waals surface area contributed by atoms with Crippen molar-refractivity contribution in [2.75, 3.05) is 32.9 Å². The van der Waals surface area contributed by atoms with Crippen LogP contribution in [0.3, 0.4) is 0 Å². The van der Waals surface area contributed by atoms with Gasteiger partial charge in [0.2, 0.25) is 0 Å². The van der Waals surface area contributed by atoms with Crippen LogP contribution in [-0.4, -0.2) is 53.9 Å². The lowest BCUT2D eigenvalue weighted by Gasteiger charge is -2.20. The van der Waals surface area contributed by atoms with Crippen molar-refractivity contribution in [3.05, 3.63) is 33.6 Å². The molecule has 7 nitrogen and oxygen atoms in total. The fourth-order valence-corrected chi connectivity index (χ4v) is 2.42. The number of anilines is 1. The highest BCUT2D eigenvalue weighted by molar-refractivity contribution is 5.99. The molecule has 1 unspecified atom stereocenters. The van der Waals surface area contributed by atoms with Gasteiger partial charge in [0.1, 0.15) is 5.56 Å². The number of nitro benzene ring substituents is 1. The van der Waals surface area contributed by atoms with Gasteiger partial charge in [-0.2, -0.15) is 0 Å². The number of carbonyl (C=O) groups excluding carboxylic acids is 1. The molecule has 114 valence electrons. The van der Waals surface area contributed by atoms with Gasteiger partial charge in [-0.05, 0) is 26.6 Å². The number of amides is 1. The van der Waals surface area contributed by atoms with E-state index in [1.807, 2.05) is 19.0 Å². The lowest BCUT2D eigenvalue weighted by molar-refractivity contribution is -0.385. The minimum absolute atomic E-state index is 0.168. The molecule has 1 atom stereocenters. The summed E-state index contributed by atoms with van der Waals surface area (Å²) in [6, 6.07) is 1.95. The van der Waals surface area contributed by atoms with Crippen molar-refractivity contribution in [1.29, 1.82) is 0 Å². The topological polar surface area (TPSA) is 92.7 Å². The molecule has 2 rings (SSSR count). The summed E-state index contributed by atoms with van der Waals surface area (Å²) in [6.45, 7) is 0.996. The molecule has 0 aliphatic carbocycles. The maximum atomic E-state index is 13.4. The summed E-state index contributed by atoms with van der Waals surface area (Å²) in [5, 5.41) is 11.0. The van der Waals surface area contributed by atoms with E-state index in [2.05, 4.69) is 0 Å². The molecule has 1 amide bonds. The molecular formula is C13H17FN4O3. The van der Waals surface area contributed by atoms with Crippen LogP contribution in [0, 0.1) is 15.9 Å². The first-order valence-electron chi connectivity index (χ1n) is 6.50. The Morgan fingerprint density at radius 1 is 1.52 bits per heavy atom. The zero-order valence-corrected chi connectivity index (χ0v) is 11.9. The Morgan fingerprint density at radius 2 is 2.19 bits per heavy atom. The van der Waals surface area contributed by atoms with Gasteiger partial charge in [-0.3, -0.25) is 14.9 Å². The van der Waals surface area contributed by atoms with Crippen LogP contribution in [0.1, 0.15) is 16.8 Å². The first-order chi connectivity index (χ1) is 9.81. The monoisotopic (exact) mass is 296 g/mol. The van der Waals surface area contributed by atoms with E-state index in [4.69, 9.17) is 5.73 Å². The average molecular weight is 296 g/mol. The van der Waals surface area contributed by atoms with Gasteiger partial charge >= 0.3 is 0 Å². The van der Waals surface area contributed by atoms with Gasteiger partial charge in [0.25, 0.3) is 11.6 Å². The Morgan fingerprint density at radius 3 is 2.71 bits per heavy atom. The van der Waals surface area contributed by atoms with Gasteiger partial charge in [0.05, 0.1) is 16.7 Å². The fourth-order valence-electron chi connectivity index (χ4n) is 2.42. The van der Waals surface area contributed by atoms with Crippen LogP contribution in [0.15, 0.2) is 12.1 Å². The predicted molar refractivity (Wildman–Crippen MR) is 75.5 cm³/mol. The number of nitrogen functional groups attached to an aromatic ring is 1. The van der Waals surface area contributed by atoms with Crippen molar-refractivity contribution in [2.24, 2.45) is 0 Å². The molecule has 1 aliphatic rings. The molecule has 1 aromatic rings. The van der Waals surface area contributed by atoms with Gasteiger partial charge in [-0.1, -0.05) is 0 Å². The van der Waals surface area contributed by atoms with E-state index in [0.717, 1.165) is 12.5 Å². The molecule has 0 saturated carbocycles. The maximum Gasteiger partial charge on any atom is 0.285 e.